The van der Waals surface area contributed by atoms with Gasteiger partial charge in [-0.25, -0.2) is 0 Å². The van der Waals surface area contributed by atoms with Gasteiger partial charge in [0.15, 0.2) is 0 Å². The highest BCUT2D eigenvalue weighted by Gasteiger charge is 2.18. The maximum atomic E-state index is 12.4. The molecule has 1 aromatic carbocycles. The summed E-state index contributed by atoms with van der Waals surface area (Å²) in [4.78, 5) is 13.0. The number of carbonyl (C=O) groups is 1. The molecule has 2 rings (SSSR count). The minimum atomic E-state index is 0.0278. The summed E-state index contributed by atoms with van der Waals surface area (Å²) in [6.45, 7) is 5.97. The average molecular weight is 265 g/mol. The lowest BCUT2D eigenvalue weighted by atomic mass is 9.96. The molecule has 2 aromatic rings. The van der Waals surface area contributed by atoms with E-state index in [1.54, 1.807) is 6.07 Å². The maximum absolute atomic E-state index is 12.4. The molecule has 1 aromatic heterocycles. The predicted molar refractivity (Wildman–Crippen MR) is 73.4 cm³/mol. The van der Waals surface area contributed by atoms with E-state index in [4.69, 9.17) is 11.6 Å². The molecule has 0 aliphatic carbocycles. The summed E-state index contributed by atoms with van der Waals surface area (Å²) < 4.78 is 0. The summed E-state index contributed by atoms with van der Waals surface area (Å²) in [5.74, 6) is 0.0278. The molecule has 3 heteroatoms. The fourth-order valence-corrected chi connectivity index (χ4v) is 3.19. The van der Waals surface area contributed by atoms with Crippen LogP contribution < -0.4 is 0 Å². The van der Waals surface area contributed by atoms with Crippen molar-refractivity contribution in [3.05, 3.63) is 55.7 Å². The first kappa shape index (κ1) is 12.3. The van der Waals surface area contributed by atoms with E-state index in [0.29, 0.717) is 9.90 Å². The van der Waals surface area contributed by atoms with Gasteiger partial charge in [-0.05, 0) is 43.3 Å². The Kier molecular flexibility index (Phi) is 3.36. The molecule has 0 unspecified atom stereocenters. The number of carbonyl (C=O) groups excluding carboxylic acids is 1. The van der Waals surface area contributed by atoms with Gasteiger partial charge < -0.3 is 0 Å². The van der Waals surface area contributed by atoms with Crippen LogP contribution in [0.25, 0.3) is 0 Å². The van der Waals surface area contributed by atoms with E-state index in [2.05, 4.69) is 0 Å². The standard InChI is InChI=1S/C14H13ClOS/c1-8-6-9(2)12(10(3)7-8)13(16)14-11(15)4-5-17-14/h4-7H,1-3H3. The molecule has 0 radical (unpaired) electrons. The van der Waals surface area contributed by atoms with Crippen molar-refractivity contribution < 1.29 is 4.79 Å². The SMILES string of the molecule is Cc1cc(C)c(C(=O)c2sccc2Cl)c(C)c1. The third-order valence-electron chi connectivity index (χ3n) is 2.73. The highest BCUT2D eigenvalue weighted by molar-refractivity contribution is 7.13. The van der Waals surface area contributed by atoms with E-state index >= 15 is 0 Å². The van der Waals surface area contributed by atoms with Crippen molar-refractivity contribution in [3.63, 3.8) is 0 Å². The Bertz CT molecular complexity index is 561. The Morgan fingerprint density at radius 3 is 2.24 bits per heavy atom. The van der Waals surface area contributed by atoms with Gasteiger partial charge in [0.1, 0.15) is 0 Å². The molecule has 0 atom stereocenters. The van der Waals surface area contributed by atoms with Crippen LogP contribution in [0.4, 0.5) is 0 Å². The van der Waals surface area contributed by atoms with Gasteiger partial charge in [0.2, 0.25) is 5.78 Å². The molecular weight excluding hydrogens is 252 g/mol. The Hall–Kier alpha value is -1.12. The monoisotopic (exact) mass is 264 g/mol. The van der Waals surface area contributed by atoms with Crippen LogP contribution in [-0.2, 0) is 0 Å². The largest absolute Gasteiger partial charge is 0.288 e. The molecule has 1 heterocycles. The van der Waals surface area contributed by atoms with Crippen molar-refractivity contribution >= 4 is 28.7 Å². The van der Waals surface area contributed by atoms with E-state index in [-0.39, 0.29) is 5.78 Å². The number of benzene rings is 1. The quantitative estimate of drug-likeness (QED) is 0.727. The molecule has 0 amide bonds. The van der Waals surface area contributed by atoms with Gasteiger partial charge in [0.25, 0.3) is 0 Å². The normalized spacial score (nSPS) is 10.6. The molecule has 0 N–H and O–H groups in total. The van der Waals surface area contributed by atoms with Gasteiger partial charge in [-0.1, -0.05) is 29.3 Å². The second-order valence-corrected chi connectivity index (χ2v) is 5.52. The zero-order valence-corrected chi connectivity index (χ0v) is 11.6. The van der Waals surface area contributed by atoms with Gasteiger partial charge in [-0.2, -0.15) is 0 Å². The third kappa shape index (κ3) is 2.28. The fraction of sp³-hybridized carbons (Fsp3) is 0.214. The number of hydrogen-bond acceptors (Lipinski definition) is 2. The molecule has 0 bridgehead atoms. The van der Waals surface area contributed by atoms with Crippen LogP contribution in [0.15, 0.2) is 23.6 Å². The summed E-state index contributed by atoms with van der Waals surface area (Å²) >= 11 is 7.40. The van der Waals surface area contributed by atoms with Crippen LogP contribution in [0.5, 0.6) is 0 Å². The zero-order valence-electron chi connectivity index (χ0n) is 10.0. The first-order valence-corrected chi connectivity index (χ1v) is 6.62. The first-order valence-electron chi connectivity index (χ1n) is 5.36. The van der Waals surface area contributed by atoms with Crippen molar-refractivity contribution in [3.8, 4) is 0 Å². The van der Waals surface area contributed by atoms with Crippen LogP contribution in [0.3, 0.4) is 0 Å². The lowest BCUT2D eigenvalue weighted by molar-refractivity contribution is 0.104. The van der Waals surface area contributed by atoms with Gasteiger partial charge in [-0.3, -0.25) is 4.79 Å². The Labute approximate surface area is 110 Å². The minimum absolute atomic E-state index is 0.0278. The lowest BCUT2D eigenvalue weighted by Gasteiger charge is -2.09. The number of rotatable bonds is 2. The zero-order chi connectivity index (χ0) is 12.6. The van der Waals surface area contributed by atoms with E-state index in [1.807, 2.05) is 38.3 Å². The van der Waals surface area contributed by atoms with Gasteiger partial charge in [0, 0.05) is 5.56 Å². The second-order valence-electron chi connectivity index (χ2n) is 4.20. The average Bonchev–Trinajstić information content (AvgIpc) is 2.62. The maximum Gasteiger partial charge on any atom is 0.204 e. The molecule has 0 saturated carbocycles. The van der Waals surface area contributed by atoms with Crippen LogP contribution in [0, 0.1) is 20.8 Å². The van der Waals surface area contributed by atoms with Crippen LogP contribution in [0.1, 0.15) is 31.9 Å². The summed E-state index contributed by atoms with van der Waals surface area (Å²) in [7, 11) is 0. The number of halogens is 1. The highest BCUT2D eigenvalue weighted by atomic mass is 35.5. The Balaban J connectivity index is 2.56. The second kappa shape index (κ2) is 4.63. The van der Waals surface area contributed by atoms with Crippen LogP contribution in [0.2, 0.25) is 5.02 Å². The smallest absolute Gasteiger partial charge is 0.204 e. The van der Waals surface area contributed by atoms with Gasteiger partial charge >= 0.3 is 0 Å². The van der Waals surface area contributed by atoms with E-state index in [9.17, 15) is 4.79 Å². The summed E-state index contributed by atoms with van der Waals surface area (Å²) in [5.41, 5.74) is 3.97. The summed E-state index contributed by atoms with van der Waals surface area (Å²) in [6, 6.07) is 5.82. The fourth-order valence-electron chi connectivity index (χ4n) is 2.11. The molecule has 0 aliphatic rings. The van der Waals surface area contributed by atoms with Crippen LogP contribution in [-0.4, -0.2) is 5.78 Å². The first-order chi connectivity index (χ1) is 8.00. The summed E-state index contributed by atoms with van der Waals surface area (Å²) in [6.07, 6.45) is 0. The van der Waals surface area contributed by atoms with Crippen molar-refractivity contribution in [1.82, 2.24) is 0 Å². The Morgan fingerprint density at radius 1 is 1.18 bits per heavy atom. The number of ketones is 1. The van der Waals surface area contributed by atoms with Gasteiger partial charge in [0.05, 0.1) is 9.90 Å². The molecule has 0 saturated heterocycles. The molecule has 1 nitrogen and oxygen atoms in total. The number of aryl methyl sites for hydroxylation is 3. The van der Waals surface area contributed by atoms with Crippen molar-refractivity contribution in [2.45, 2.75) is 20.8 Å². The minimum Gasteiger partial charge on any atom is -0.288 e. The van der Waals surface area contributed by atoms with E-state index in [0.717, 1.165) is 16.7 Å². The molecule has 0 aliphatic heterocycles. The van der Waals surface area contributed by atoms with E-state index < -0.39 is 0 Å². The lowest BCUT2D eigenvalue weighted by Crippen LogP contribution is -2.05. The number of hydrogen-bond donors (Lipinski definition) is 0. The number of thiophene rings is 1. The third-order valence-corrected chi connectivity index (χ3v) is 4.07. The van der Waals surface area contributed by atoms with Crippen molar-refractivity contribution in [1.29, 1.82) is 0 Å². The van der Waals surface area contributed by atoms with Crippen molar-refractivity contribution in [2.24, 2.45) is 0 Å². The van der Waals surface area contributed by atoms with Crippen molar-refractivity contribution in [2.75, 3.05) is 0 Å². The molecule has 0 spiro atoms. The summed E-state index contributed by atoms with van der Waals surface area (Å²) in [5, 5.41) is 2.38. The Morgan fingerprint density at radius 2 is 1.76 bits per heavy atom. The molecule has 88 valence electrons. The van der Waals surface area contributed by atoms with Gasteiger partial charge in [-0.15, -0.1) is 11.3 Å². The van der Waals surface area contributed by atoms with Crippen LogP contribution >= 0.6 is 22.9 Å². The molecule has 17 heavy (non-hydrogen) atoms. The molecular formula is C14H13ClOS. The van der Waals surface area contributed by atoms with E-state index in [1.165, 1.54) is 16.9 Å². The topological polar surface area (TPSA) is 17.1 Å². The predicted octanol–water partition coefficient (Wildman–Crippen LogP) is 4.56. The highest BCUT2D eigenvalue weighted by Crippen LogP contribution is 2.28. The molecule has 0 fully saturated rings.